The Bertz CT molecular complexity index is 1050. The number of anilines is 1. The molecule has 2 aromatic heterocycles. The number of hydrogen-bond donors (Lipinski definition) is 3. The number of aryl methyl sites for hydroxylation is 2. The Morgan fingerprint density at radius 1 is 1.42 bits per heavy atom. The van der Waals surface area contributed by atoms with Crippen LogP contribution >= 0.6 is 34.7 Å². The molecule has 0 radical (unpaired) electrons. The molecule has 0 saturated heterocycles. The Hall–Kier alpha value is -2.03. The number of carbonyl (C=O) groups is 1. The highest BCUT2D eigenvalue weighted by Gasteiger charge is 2.12. The van der Waals surface area contributed by atoms with E-state index in [9.17, 15) is 14.7 Å². The predicted molar refractivity (Wildman–Crippen MR) is 108 cm³/mol. The number of halogens is 1. The average molecular weight is 410 g/mol. The molecule has 0 aliphatic carbocycles. The van der Waals surface area contributed by atoms with Gasteiger partial charge < -0.3 is 15.4 Å². The lowest BCUT2D eigenvalue weighted by Gasteiger charge is -2.07. The van der Waals surface area contributed by atoms with Gasteiger partial charge in [0.25, 0.3) is 5.56 Å². The van der Waals surface area contributed by atoms with Crippen LogP contribution in [0.3, 0.4) is 0 Å². The minimum atomic E-state index is -0.279. The number of rotatable bonds is 5. The Morgan fingerprint density at radius 3 is 2.96 bits per heavy atom. The number of aromatic hydroxyl groups is 1. The van der Waals surface area contributed by atoms with Gasteiger partial charge in [0, 0.05) is 9.90 Å². The van der Waals surface area contributed by atoms with Gasteiger partial charge in [0.05, 0.1) is 22.6 Å². The zero-order chi connectivity index (χ0) is 18.8. The van der Waals surface area contributed by atoms with Crippen LogP contribution in [0.1, 0.15) is 16.3 Å². The first-order valence-corrected chi connectivity index (χ1v) is 10.0. The molecular formula is C17H16ClN3O3S2. The summed E-state index contributed by atoms with van der Waals surface area (Å²) in [6.07, 6.45) is 0. The van der Waals surface area contributed by atoms with Crippen LogP contribution in [0.4, 0.5) is 5.69 Å². The van der Waals surface area contributed by atoms with Crippen molar-refractivity contribution in [2.24, 2.45) is 0 Å². The van der Waals surface area contributed by atoms with Gasteiger partial charge in [0.2, 0.25) is 5.91 Å². The van der Waals surface area contributed by atoms with Crippen LogP contribution in [0.15, 0.2) is 23.0 Å². The molecule has 0 spiro atoms. The van der Waals surface area contributed by atoms with Crippen molar-refractivity contribution < 1.29 is 9.90 Å². The van der Waals surface area contributed by atoms with Gasteiger partial charge in [-0.2, -0.15) is 0 Å². The molecular weight excluding hydrogens is 394 g/mol. The van der Waals surface area contributed by atoms with E-state index in [4.69, 9.17) is 11.6 Å². The third kappa shape index (κ3) is 4.03. The summed E-state index contributed by atoms with van der Waals surface area (Å²) in [6.45, 7) is 3.88. The summed E-state index contributed by atoms with van der Waals surface area (Å²) in [4.78, 5) is 33.3. The highest BCUT2D eigenvalue weighted by Crippen LogP contribution is 2.27. The van der Waals surface area contributed by atoms with E-state index >= 15 is 0 Å². The van der Waals surface area contributed by atoms with Gasteiger partial charge in [-0.3, -0.25) is 9.59 Å². The number of aromatic nitrogens is 2. The van der Waals surface area contributed by atoms with E-state index in [0.717, 1.165) is 10.4 Å². The molecule has 0 aliphatic rings. The molecule has 6 nitrogen and oxygen atoms in total. The number of amides is 1. The molecule has 0 saturated carbocycles. The van der Waals surface area contributed by atoms with Crippen LogP contribution in [0.2, 0.25) is 5.02 Å². The fourth-order valence-corrected chi connectivity index (χ4v) is 4.31. The Kier molecular flexibility index (Phi) is 5.55. The van der Waals surface area contributed by atoms with Crippen molar-refractivity contribution in [2.75, 3.05) is 11.1 Å². The van der Waals surface area contributed by atoms with Crippen molar-refractivity contribution in [1.29, 1.82) is 0 Å². The molecule has 2 heterocycles. The SMILES string of the molecule is Cc1sc2nc(CSCC(=O)Nc3cc(Cl)ccc3O)[nH]c(=O)c2c1C. The molecule has 0 fully saturated rings. The fourth-order valence-electron chi connectivity index (χ4n) is 2.40. The quantitative estimate of drug-likeness (QED) is 0.556. The van der Waals surface area contributed by atoms with Gasteiger partial charge in [-0.15, -0.1) is 23.1 Å². The summed E-state index contributed by atoms with van der Waals surface area (Å²) < 4.78 is 0. The highest BCUT2D eigenvalue weighted by molar-refractivity contribution is 7.99. The molecule has 0 unspecified atom stereocenters. The van der Waals surface area contributed by atoms with Crippen LogP contribution < -0.4 is 10.9 Å². The fraction of sp³-hybridized carbons (Fsp3) is 0.235. The summed E-state index contributed by atoms with van der Waals surface area (Å²) in [5, 5.41) is 13.4. The van der Waals surface area contributed by atoms with Crippen molar-refractivity contribution >= 4 is 56.5 Å². The van der Waals surface area contributed by atoms with Crippen molar-refractivity contribution in [3.8, 4) is 5.75 Å². The Morgan fingerprint density at radius 2 is 2.19 bits per heavy atom. The summed E-state index contributed by atoms with van der Waals surface area (Å²) in [5.74, 6) is 0.755. The number of benzene rings is 1. The predicted octanol–water partition coefficient (Wildman–Crippen LogP) is 3.83. The zero-order valence-corrected chi connectivity index (χ0v) is 16.4. The van der Waals surface area contributed by atoms with E-state index in [1.54, 1.807) is 0 Å². The smallest absolute Gasteiger partial charge is 0.259 e. The van der Waals surface area contributed by atoms with Gasteiger partial charge in [0.15, 0.2) is 0 Å². The van der Waals surface area contributed by atoms with Crippen molar-refractivity contribution in [3.63, 3.8) is 0 Å². The van der Waals surface area contributed by atoms with Crippen LogP contribution in [0, 0.1) is 13.8 Å². The molecule has 0 atom stereocenters. The third-order valence-electron chi connectivity index (χ3n) is 3.79. The van der Waals surface area contributed by atoms with Crippen LogP contribution in [-0.2, 0) is 10.5 Å². The summed E-state index contributed by atoms with van der Waals surface area (Å²) in [5.41, 5.74) is 1.07. The van der Waals surface area contributed by atoms with Gasteiger partial charge >= 0.3 is 0 Å². The number of nitrogens with one attached hydrogen (secondary N) is 2. The number of nitrogens with zero attached hydrogens (tertiary/aromatic N) is 1. The molecule has 9 heteroatoms. The number of fused-ring (bicyclic) bond motifs is 1. The minimum absolute atomic E-state index is 0.0485. The first-order valence-electron chi connectivity index (χ1n) is 7.70. The Labute approximate surface area is 162 Å². The first-order chi connectivity index (χ1) is 12.3. The van der Waals surface area contributed by atoms with Gasteiger partial charge in [0.1, 0.15) is 16.4 Å². The molecule has 3 N–H and O–H groups in total. The van der Waals surface area contributed by atoms with Gasteiger partial charge in [-0.1, -0.05) is 11.6 Å². The monoisotopic (exact) mass is 409 g/mol. The number of carbonyl (C=O) groups excluding carboxylic acids is 1. The average Bonchev–Trinajstić information content (AvgIpc) is 2.86. The summed E-state index contributed by atoms with van der Waals surface area (Å²) in [6, 6.07) is 4.43. The van der Waals surface area contributed by atoms with E-state index in [0.29, 0.717) is 26.8 Å². The standard InChI is InChI=1S/C17H16ClN3O3S2/c1-8-9(2)26-17-15(8)16(24)20-13(21-17)6-25-7-14(23)19-11-5-10(18)3-4-12(11)22/h3-5,22H,6-7H2,1-2H3,(H,19,23)(H,20,21,24). The second kappa shape index (κ2) is 7.69. The summed E-state index contributed by atoms with van der Waals surface area (Å²) in [7, 11) is 0. The lowest BCUT2D eigenvalue weighted by Crippen LogP contribution is -2.15. The lowest BCUT2D eigenvalue weighted by molar-refractivity contribution is -0.113. The van der Waals surface area contributed by atoms with Crippen LogP contribution in [0.25, 0.3) is 10.2 Å². The molecule has 1 aromatic carbocycles. The number of aromatic amines is 1. The molecule has 26 heavy (non-hydrogen) atoms. The largest absolute Gasteiger partial charge is 0.506 e. The van der Waals surface area contributed by atoms with E-state index in [-0.39, 0.29) is 28.7 Å². The maximum atomic E-state index is 12.2. The molecule has 0 aliphatic heterocycles. The van der Waals surface area contributed by atoms with Crippen LogP contribution in [0.5, 0.6) is 5.75 Å². The maximum Gasteiger partial charge on any atom is 0.259 e. The number of phenolic OH excluding ortho intramolecular Hbond substituents is 1. The zero-order valence-electron chi connectivity index (χ0n) is 14.1. The third-order valence-corrected chi connectivity index (χ3v) is 6.07. The second-order valence-corrected chi connectivity index (χ2v) is 8.30. The number of hydrogen-bond acceptors (Lipinski definition) is 6. The number of phenols is 1. The van der Waals surface area contributed by atoms with E-state index in [1.165, 1.54) is 41.3 Å². The summed E-state index contributed by atoms with van der Waals surface area (Å²) >= 11 is 8.66. The van der Waals surface area contributed by atoms with Gasteiger partial charge in [-0.05, 0) is 37.6 Å². The van der Waals surface area contributed by atoms with E-state index < -0.39 is 0 Å². The molecule has 136 valence electrons. The normalized spacial score (nSPS) is 11.0. The topological polar surface area (TPSA) is 95.1 Å². The van der Waals surface area contributed by atoms with E-state index in [1.807, 2.05) is 13.8 Å². The van der Waals surface area contributed by atoms with Crippen molar-refractivity contribution in [3.05, 3.63) is 49.8 Å². The molecule has 1 amide bonds. The number of thiophene rings is 1. The first kappa shape index (κ1) is 18.8. The van der Waals surface area contributed by atoms with Crippen molar-refractivity contribution in [1.82, 2.24) is 9.97 Å². The lowest BCUT2D eigenvalue weighted by atomic mass is 10.2. The van der Waals surface area contributed by atoms with Gasteiger partial charge in [-0.25, -0.2) is 4.98 Å². The number of H-pyrrole nitrogens is 1. The van der Waals surface area contributed by atoms with Crippen molar-refractivity contribution in [2.45, 2.75) is 19.6 Å². The molecule has 3 aromatic rings. The molecule has 0 bridgehead atoms. The van der Waals surface area contributed by atoms with Crippen LogP contribution in [-0.4, -0.2) is 26.7 Å². The Balaban J connectivity index is 1.63. The number of thioether (sulfide) groups is 1. The molecule has 3 rings (SSSR count). The highest BCUT2D eigenvalue weighted by atomic mass is 35.5. The van der Waals surface area contributed by atoms with E-state index in [2.05, 4.69) is 15.3 Å². The maximum absolute atomic E-state index is 12.2. The second-order valence-electron chi connectivity index (χ2n) is 5.68. The minimum Gasteiger partial charge on any atom is -0.506 e.